The molecule has 1 N–H and O–H groups in total. The zero-order valence-electron chi connectivity index (χ0n) is 13.0. The van der Waals surface area contributed by atoms with Crippen LogP contribution in [0.3, 0.4) is 0 Å². The van der Waals surface area contributed by atoms with Crippen molar-refractivity contribution in [3.8, 4) is 5.75 Å². The lowest BCUT2D eigenvalue weighted by Crippen LogP contribution is -2.34. The second-order valence-electron chi connectivity index (χ2n) is 5.09. The fourth-order valence-electron chi connectivity index (χ4n) is 2.34. The third-order valence-electron chi connectivity index (χ3n) is 3.34. The van der Waals surface area contributed by atoms with E-state index in [1.54, 1.807) is 19.4 Å². The lowest BCUT2D eigenvalue weighted by atomic mass is 10.1. The fraction of sp³-hybridized carbons (Fsp3) is 0.294. The number of carbonyl (C=O) groups is 1. The van der Waals surface area contributed by atoms with Crippen molar-refractivity contribution in [2.75, 3.05) is 27.2 Å². The smallest absolute Gasteiger partial charge is 0.234 e. The van der Waals surface area contributed by atoms with Gasteiger partial charge >= 0.3 is 0 Å². The van der Waals surface area contributed by atoms with Crippen LogP contribution in [-0.4, -0.2) is 43.0 Å². The number of benzene rings is 1. The number of ether oxygens (including phenoxy) is 1. The molecule has 0 fully saturated rings. The molecule has 0 bridgehead atoms. The maximum absolute atomic E-state index is 11.7. The Bertz CT molecular complexity index is 670. The topological polar surface area (TPSA) is 54.5 Å². The number of nitrogens with one attached hydrogen (secondary N) is 1. The van der Waals surface area contributed by atoms with Gasteiger partial charge in [0.2, 0.25) is 5.91 Å². The molecule has 0 aliphatic carbocycles. The number of nitrogens with zero attached hydrogens (tertiary/aromatic N) is 2. The number of pyridine rings is 1. The molecule has 2 aromatic rings. The van der Waals surface area contributed by atoms with E-state index in [0.29, 0.717) is 19.6 Å². The van der Waals surface area contributed by atoms with Crippen molar-refractivity contribution in [3.63, 3.8) is 0 Å². The molecule has 0 saturated heterocycles. The molecule has 0 saturated carbocycles. The van der Waals surface area contributed by atoms with Crippen LogP contribution in [0.1, 0.15) is 5.56 Å². The predicted molar refractivity (Wildman–Crippen MR) is 87.8 cm³/mol. The minimum absolute atomic E-state index is 0.0154. The van der Waals surface area contributed by atoms with Crippen LogP contribution in [0.2, 0.25) is 0 Å². The van der Waals surface area contributed by atoms with Gasteiger partial charge in [0.25, 0.3) is 0 Å². The van der Waals surface area contributed by atoms with Crippen molar-refractivity contribution in [2.45, 2.75) is 6.54 Å². The maximum atomic E-state index is 11.7. The Morgan fingerprint density at radius 1 is 1.45 bits per heavy atom. The van der Waals surface area contributed by atoms with Crippen molar-refractivity contribution in [1.82, 2.24) is 15.2 Å². The van der Waals surface area contributed by atoms with Gasteiger partial charge in [0.05, 0.1) is 13.7 Å². The van der Waals surface area contributed by atoms with Gasteiger partial charge in [-0.05, 0) is 24.7 Å². The van der Waals surface area contributed by atoms with E-state index in [-0.39, 0.29) is 5.91 Å². The minimum atomic E-state index is -0.0154. The van der Waals surface area contributed by atoms with Crippen LogP contribution in [0.5, 0.6) is 5.75 Å². The number of hydrogen-bond donors (Lipinski definition) is 1. The zero-order valence-corrected chi connectivity index (χ0v) is 13.0. The Morgan fingerprint density at radius 2 is 2.27 bits per heavy atom. The van der Waals surface area contributed by atoms with Gasteiger partial charge in [0.15, 0.2) is 0 Å². The first-order chi connectivity index (χ1) is 10.7. The Labute approximate surface area is 130 Å². The zero-order chi connectivity index (χ0) is 15.9. The summed E-state index contributed by atoms with van der Waals surface area (Å²) < 4.78 is 5.35. The van der Waals surface area contributed by atoms with Gasteiger partial charge in [0, 0.05) is 24.7 Å². The summed E-state index contributed by atoms with van der Waals surface area (Å²) in [4.78, 5) is 18.1. The molecule has 0 aliphatic heterocycles. The van der Waals surface area contributed by atoms with E-state index in [9.17, 15) is 4.79 Å². The molecule has 1 aromatic heterocycles. The Kier molecular flexibility index (Phi) is 5.49. The van der Waals surface area contributed by atoms with Crippen LogP contribution in [0.25, 0.3) is 10.9 Å². The van der Waals surface area contributed by atoms with E-state index in [4.69, 9.17) is 4.74 Å². The second-order valence-corrected chi connectivity index (χ2v) is 5.09. The number of hydrogen-bond acceptors (Lipinski definition) is 4. The summed E-state index contributed by atoms with van der Waals surface area (Å²) in [7, 11) is 3.55. The molecule has 5 nitrogen and oxygen atoms in total. The van der Waals surface area contributed by atoms with Crippen LogP contribution in [0.15, 0.2) is 43.1 Å². The van der Waals surface area contributed by atoms with Gasteiger partial charge in [0.1, 0.15) is 11.3 Å². The third kappa shape index (κ3) is 3.83. The highest BCUT2D eigenvalue weighted by Crippen LogP contribution is 2.26. The number of carbonyl (C=O) groups excluding carboxylic acids is 1. The molecule has 116 valence electrons. The number of rotatable bonds is 7. The second kappa shape index (κ2) is 7.56. The molecule has 0 spiro atoms. The van der Waals surface area contributed by atoms with Gasteiger partial charge in [-0.1, -0.05) is 18.2 Å². The summed E-state index contributed by atoms with van der Waals surface area (Å²) in [6.45, 7) is 5.07. The summed E-state index contributed by atoms with van der Waals surface area (Å²) >= 11 is 0. The van der Waals surface area contributed by atoms with Gasteiger partial charge in [-0.25, -0.2) is 0 Å². The lowest BCUT2D eigenvalue weighted by molar-refractivity contribution is -0.121. The molecule has 0 aliphatic rings. The quantitative estimate of drug-likeness (QED) is 0.794. The van der Waals surface area contributed by atoms with Gasteiger partial charge in [-0.15, -0.1) is 6.58 Å². The number of likely N-dealkylation sites (N-methyl/N-ethyl adjacent to an activating group) is 1. The van der Waals surface area contributed by atoms with E-state index in [2.05, 4.69) is 16.9 Å². The molecule has 0 unspecified atom stereocenters. The van der Waals surface area contributed by atoms with Crippen LogP contribution < -0.4 is 10.1 Å². The van der Waals surface area contributed by atoms with Crippen molar-refractivity contribution in [3.05, 3.63) is 48.7 Å². The highest BCUT2D eigenvalue weighted by molar-refractivity contribution is 5.87. The lowest BCUT2D eigenvalue weighted by Gasteiger charge is -2.18. The first-order valence-corrected chi connectivity index (χ1v) is 7.12. The van der Waals surface area contributed by atoms with E-state index < -0.39 is 0 Å². The summed E-state index contributed by atoms with van der Waals surface area (Å²) in [5, 5.41) is 3.82. The van der Waals surface area contributed by atoms with E-state index in [1.807, 2.05) is 36.2 Å². The van der Waals surface area contributed by atoms with Crippen molar-refractivity contribution >= 4 is 16.8 Å². The highest BCUT2D eigenvalue weighted by atomic mass is 16.5. The SMILES string of the molecule is C=CCNC(=O)CN(C)Cc1ccc(OC)c2ncccc12. The van der Waals surface area contributed by atoms with Crippen molar-refractivity contribution < 1.29 is 9.53 Å². The first-order valence-electron chi connectivity index (χ1n) is 7.12. The summed E-state index contributed by atoms with van der Waals surface area (Å²) in [6, 6.07) is 7.85. The average Bonchev–Trinajstić information content (AvgIpc) is 2.53. The summed E-state index contributed by atoms with van der Waals surface area (Å²) in [5.74, 6) is 0.740. The average molecular weight is 299 g/mol. The molecule has 22 heavy (non-hydrogen) atoms. The molecule has 0 radical (unpaired) electrons. The maximum Gasteiger partial charge on any atom is 0.234 e. The first kappa shape index (κ1) is 16.0. The molecule has 1 aromatic carbocycles. The molecule has 2 rings (SSSR count). The highest BCUT2D eigenvalue weighted by Gasteiger charge is 2.11. The van der Waals surface area contributed by atoms with Crippen molar-refractivity contribution in [2.24, 2.45) is 0 Å². The van der Waals surface area contributed by atoms with Gasteiger partial charge < -0.3 is 10.1 Å². The van der Waals surface area contributed by atoms with Gasteiger partial charge in [-0.3, -0.25) is 14.7 Å². The van der Waals surface area contributed by atoms with E-state index in [0.717, 1.165) is 22.2 Å². The number of methoxy groups -OCH3 is 1. The van der Waals surface area contributed by atoms with E-state index in [1.165, 1.54) is 0 Å². The van der Waals surface area contributed by atoms with Crippen molar-refractivity contribution in [1.29, 1.82) is 0 Å². The Hall–Kier alpha value is -2.40. The Balaban J connectivity index is 2.14. The molecule has 0 atom stereocenters. The molecular weight excluding hydrogens is 278 g/mol. The monoisotopic (exact) mass is 299 g/mol. The van der Waals surface area contributed by atoms with Gasteiger partial charge in [-0.2, -0.15) is 0 Å². The summed E-state index contributed by atoms with van der Waals surface area (Å²) in [5.41, 5.74) is 1.95. The number of amides is 1. The van der Waals surface area contributed by atoms with Crippen LogP contribution in [0.4, 0.5) is 0 Å². The van der Waals surface area contributed by atoms with Crippen LogP contribution in [0, 0.1) is 0 Å². The normalized spacial score (nSPS) is 10.7. The minimum Gasteiger partial charge on any atom is -0.494 e. The molecular formula is C17H21N3O2. The number of aromatic nitrogens is 1. The standard InChI is InChI=1S/C17H21N3O2/c1-4-9-18-16(21)12-20(2)11-13-7-8-15(22-3)17-14(13)6-5-10-19-17/h4-8,10H,1,9,11-12H2,2-3H3,(H,18,21). The molecule has 1 heterocycles. The van der Waals surface area contributed by atoms with Crippen LogP contribution >= 0.6 is 0 Å². The number of fused-ring (bicyclic) bond motifs is 1. The molecule has 1 amide bonds. The van der Waals surface area contributed by atoms with Crippen LogP contribution in [-0.2, 0) is 11.3 Å². The fourth-order valence-corrected chi connectivity index (χ4v) is 2.34. The largest absolute Gasteiger partial charge is 0.494 e. The predicted octanol–water partition coefficient (Wildman–Crippen LogP) is 1.98. The summed E-state index contributed by atoms with van der Waals surface area (Å²) in [6.07, 6.45) is 3.42. The Morgan fingerprint density at radius 3 is 3.00 bits per heavy atom. The molecule has 5 heteroatoms. The van der Waals surface area contributed by atoms with E-state index >= 15 is 0 Å². The third-order valence-corrected chi connectivity index (χ3v) is 3.34.